The normalized spacial score (nSPS) is 15.8. The lowest BCUT2D eigenvalue weighted by atomic mass is 10.1. The van der Waals surface area contributed by atoms with Gasteiger partial charge in [-0.05, 0) is 51.3 Å². The first-order chi connectivity index (χ1) is 18.8. The Labute approximate surface area is 245 Å². The fraction of sp³-hybridized carbons (Fsp3) is 0.464. The number of aliphatic imine (C=N–C) groups is 1. The van der Waals surface area contributed by atoms with Crippen LogP contribution in [0.3, 0.4) is 0 Å². The van der Waals surface area contributed by atoms with Gasteiger partial charge in [-0.15, -0.1) is 0 Å². The van der Waals surface area contributed by atoms with Crippen LogP contribution in [0.4, 0.5) is 4.79 Å². The summed E-state index contributed by atoms with van der Waals surface area (Å²) in [5.41, 5.74) is 1.06. The van der Waals surface area contributed by atoms with Gasteiger partial charge in [0.1, 0.15) is 16.3 Å². The number of amidine groups is 1. The van der Waals surface area contributed by atoms with Gasteiger partial charge in [0.25, 0.3) is 0 Å². The van der Waals surface area contributed by atoms with Gasteiger partial charge in [0, 0.05) is 38.2 Å². The molecule has 0 unspecified atom stereocenters. The van der Waals surface area contributed by atoms with E-state index < -0.39 is 21.7 Å². The molecule has 2 aliphatic rings. The highest BCUT2D eigenvalue weighted by Crippen LogP contribution is 2.37. The second kappa shape index (κ2) is 12.1. The molecule has 0 saturated heterocycles. The highest BCUT2D eigenvalue weighted by atomic mass is 35.5. The molecule has 2 amide bonds. The van der Waals surface area contributed by atoms with E-state index in [0.29, 0.717) is 25.5 Å². The summed E-state index contributed by atoms with van der Waals surface area (Å²) in [4.78, 5) is 33.0. The fourth-order valence-corrected chi connectivity index (χ4v) is 7.20. The van der Waals surface area contributed by atoms with Crippen LogP contribution < -0.4 is 0 Å². The van der Waals surface area contributed by atoms with Crippen LogP contribution in [-0.4, -0.2) is 78.7 Å². The molecule has 0 aromatic heterocycles. The van der Waals surface area contributed by atoms with Crippen molar-refractivity contribution in [2.24, 2.45) is 4.99 Å². The highest BCUT2D eigenvalue weighted by Gasteiger charge is 2.40. The minimum atomic E-state index is -3.96. The van der Waals surface area contributed by atoms with Crippen molar-refractivity contribution in [3.63, 3.8) is 0 Å². The van der Waals surface area contributed by atoms with E-state index in [1.54, 1.807) is 18.0 Å². The Balaban J connectivity index is 1.37. The number of amides is 2. The quantitative estimate of drug-likeness (QED) is 0.390. The molecule has 1 saturated carbocycles. The number of ether oxygens (including phenoxy) is 1. The Bertz CT molecular complexity index is 1380. The molecule has 2 aromatic rings. The van der Waals surface area contributed by atoms with E-state index in [1.165, 1.54) is 21.3 Å². The van der Waals surface area contributed by atoms with Crippen molar-refractivity contribution in [2.45, 2.75) is 63.1 Å². The Morgan fingerprint density at radius 2 is 1.70 bits per heavy atom. The number of hydrogen-bond donors (Lipinski definition) is 0. The lowest BCUT2D eigenvalue weighted by Crippen LogP contribution is -2.39. The van der Waals surface area contributed by atoms with Gasteiger partial charge >= 0.3 is 6.09 Å². The van der Waals surface area contributed by atoms with Crippen LogP contribution in [0.1, 0.15) is 51.2 Å². The van der Waals surface area contributed by atoms with E-state index in [1.807, 2.05) is 45.0 Å². The summed E-state index contributed by atoms with van der Waals surface area (Å²) in [6.45, 7) is 6.80. The average Bonchev–Trinajstić information content (AvgIpc) is 3.57. The molecule has 0 atom stereocenters. The molecule has 4 rings (SSSR count). The summed E-state index contributed by atoms with van der Waals surface area (Å²) in [5.74, 6) is 0.372. The van der Waals surface area contributed by atoms with Gasteiger partial charge in [-0.3, -0.25) is 14.7 Å². The van der Waals surface area contributed by atoms with Crippen molar-refractivity contribution in [3.05, 3.63) is 63.6 Å². The fourth-order valence-electron chi connectivity index (χ4n) is 4.41. The molecule has 1 aliphatic heterocycles. The molecular weight excluding hydrogens is 575 g/mol. The van der Waals surface area contributed by atoms with Gasteiger partial charge in [-0.1, -0.05) is 53.5 Å². The van der Waals surface area contributed by atoms with Crippen molar-refractivity contribution in [2.75, 3.05) is 26.7 Å². The first-order valence-corrected chi connectivity index (χ1v) is 15.3. The monoisotopic (exact) mass is 608 g/mol. The van der Waals surface area contributed by atoms with Gasteiger partial charge in [0.05, 0.1) is 23.1 Å². The smallest absolute Gasteiger partial charge is 0.416 e. The van der Waals surface area contributed by atoms with Crippen molar-refractivity contribution in [3.8, 4) is 0 Å². The second-order valence-electron chi connectivity index (χ2n) is 10.9. The SMILES string of the molecule is CN(Cc1ccc(C2=NCCN2C(=O)OC(C)(C)C)cc1)C(=O)CCN(C1CC1)S(=O)(=O)c1c(Cl)cccc1Cl. The van der Waals surface area contributed by atoms with E-state index in [0.717, 1.165) is 24.0 Å². The molecule has 0 spiro atoms. The lowest BCUT2D eigenvalue weighted by Gasteiger charge is -2.25. The van der Waals surface area contributed by atoms with Crippen LogP contribution in [0.5, 0.6) is 0 Å². The summed E-state index contributed by atoms with van der Waals surface area (Å²) in [7, 11) is -2.28. The predicted molar refractivity (Wildman–Crippen MR) is 155 cm³/mol. The molecule has 216 valence electrons. The topological polar surface area (TPSA) is 99.6 Å². The van der Waals surface area contributed by atoms with Crippen molar-refractivity contribution in [1.29, 1.82) is 0 Å². The lowest BCUT2D eigenvalue weighted by molar-refractivity contribution is -0.130. The number of hydrogen-bond acceptors (Lipinski definition) is 6. The minimum Gasteiger partial charge on any atom is -0.443 e. The van der Waals surface area contributed by atoms with E-state index >= 15 is 0 Å². The maximum atomic E-state index is 13.4. The third kappa shape index (κ3) is 7.15. The van der Waals surface area contributed by atoms with Crippen LogP contribution in [-0.2, 0) is 26.1 Å². The highest BCUT2D eigenvalue weighted by molar-refractivity contribution is 7.89. The van der Waals surface area contributed by atoms with Crippen molar-refractivity contribution in [1.82, 2.24) is 14.1 Å². The van der Waals surface area contributed by atoms with Gasteiger partial charge in [0.2, 0.25) is 15.9 Å². The minimum absolute atomic E-state index is 0.0219. The van der Waals surface area contributed by atoms with Crippen molar-refractivity contribution >= 4 is 51.1 Å². The molecule has 9 nitrogen and oxygen atoms in total. The molecule has 0 bridgehead atoms. The number of carbonyl (C=O) groups is 2. The van der Waals surface area contributed by atoms with E-state index in [-0.39, 0.29) is 39.9 Å². The zero-order chi connectivity index (χ0) is 29.2. The van der Waals surface area contributed by atoms with Gasteiger partial charge in [-0.25, -0.2) is 13.2 Å². The maximum Gasteiger partial charge on any atom is 0.416 e. The number of benzene rings is 2. The Kier molecular flexibility index (Phi) is 9.14. The largest absolute Gasteiger partial charge is 0.443 e. The first kappa shape index (κ1) is 30.3. The molecule has 12 heteroatoms. The summed E-state index contributed by atoms with van der Waals surface area (Å²) < 4.78 is 33.6. The molecule has 2 aromatic carbocycles. The predicted octanol–water partition coefficient (Wildman–Crippen LogP) is 5.19. The molecule has 0 radical (unpaired) electrons. The molecular formula is C28H34Cl2N4O5S. The average molecular weight is 610 g/mol. The zero-order valence-corrected chi connectivity index (χ0v) is 25.4. The number of nitrogens with zero attached hydrogens (tertiary/aromatic N) is 4. The van der Waals surface area contributed by atoms with Crippen LogP contribution in [0.25, 0.3) is 0 Å². The van der Waals surface area contributed by atoms with Crippen LogP contribution in [0.15, 0.2) is 52.4 Å². The van der Waals surface area contributed by atoms with E-state index in [4.69, 9.17) is 27.9 Å². The summed E-state index contributed by atoms with van der Waals surface area (Å²) in [5, 5.41) is 0.116. The van der Waals surface area contributed by atoms with Crippen LogP contribution >= 0.6 is 23.2 Å². The molecule has 1 fully saturated rings. The second-order valence-corrected chi connectivity index (χ2v) is 13.6. The summed E-state index contributed by atoms with van der Waals surface area (Å²) in [6, 6.07) is 11.9. The Hall–Kier alpha value is -2.66. The molecule has 1 aliphatic carbocycles. The van der Waals surface area contributed by atoms with Crippen LogP contribution in [0, 0.1) is 0 Å². The van der Waals surface area contributed by atoms with E-state index in [2.05, 4.69) is 4.99 Å². The van der Waals surface area contributed by atoms with Gasteiger partial charge < -0.3 is 9.64 Å². The molecule has 40 heavy (non-hydrogen) atoms. The number of halogens is 2. The zero-order valence-electron chi connectivity index (χ0n) is 23.1. The Morgan fingerprint density at radius 3 is 2.27 bits per heavy atom. The number of sulfonamides is 1. The number of rotatable bonds is 9. The summed E-state index contributed by atoms with van der Waals surface area (Å²) in [6.07, 6.45) is 1.05. The molecule has 1 heterocycles. The van der Waals surface area contributed by atoms with Gasteiger partial charge in [-0.2, -0.15) is 4.31 Å². The number of carbonyl (C=O) groups excluding carboxylic acids is 2. The van der Waals surface area contributed by atoms with E-state index in [9.17, 15) is 18.0 Å². The van der Waals surface area contributed by atoms with Gasteiger partial charge in [0.15, 0.2) is 0 Å². The standard InChI is InChI=1S/C28H34Cl2N4O5S/c1-28(2,3)39-27(36)33-17-15-31-26(33)20-10-8-19(9-11-20)18-32(4)24(35)14-16-34(21-12-13-21)40(37,38)25-22(29)6-5-7-23(25)30/h5-11,21H,12-18H2,1-4H3. The third-order valence-electron chi connectivity index (χ3n) is 6.50. The van der Waals surface area contributed by atoms with Crippen molar-refractivity contribution < 1.29 is 22.7 Å². The molecule has 0 N–H and O–H groups in total. The maximum absolute atomic E-state index is 13.4. The first-order valence-electron chi connectivity index (χ1n) is 13.1. The summed E-state index contributed by atoms with van der Waals surface area (Å²) >= 11 is 12.4. The van der Waals surface area contributed by atoms with Crippen LogP contribution in [0.2, 0.25) is 10.0 Å². The Morgan fingerprint density at radius 1 is 1.07 bits per heavy atom. The third-order valence-corrected chi connectivity index (χ3v) is 9.41.